The Bertz CT molecular complexity index is 1330. The highest BCUT2D eigenvalue weighted by atomic mass is 32.2. The molecular weight excluding hydrogens is 490 g/mol. The third-order valence-corrected chi connectivity index (χ3v) is 7.93. The molecule has 1 atom stereocenters. The van der Waals surface area contributed by atoms with Crippen LogP contribution in [0.25, 0.3) is 0 Å². The number of aryl methyl sites for hydroxylation is 1. The van der Waals surface area contributed by atoms with E-state index >= 15 is 0 Å². The van der Waals surface area contributed by atoms with Crippen LogP contribution in [-0.2, 0) is 32.6 Å². The lowest BCUT2D eigenvalue weighted by Crippen LogP contribution is -2.50. The lowest BCUT2D eigenvalue weighted by molar-refractivity contribution is -0.139. The standard InChI is InChI=1S/C28H33N3O5S/c1-5-23-13-9-10-17-26(23)31(37(34,35)25-15-7-6-8-16-25)20-27(32)30(21(2)28(33)29-3)19-22-12-11-14-24(18-22)36-4/h6-18,21H,5,19-20H2,1-4H3,(H,29,33). The highest BCUT2D eigenvalue weighted by Gasteiger charge is 2.33. The molecule has 0 spiro atoms. The Hall–Kier alpha value is -3.85. The van der Waals surface area contributed by atoms with Crippen LogP contribution in [0.4, 0.5) is 5.69 Å². The monoisotopic (exact) mass is 523 g/mol. The van der Waals surface area contributed by atoms with Crippen molar-refractivity contribution in [3.8, 4) is 5.75 Å². The average molecular weight is 524 g/mol. The van der Waals surface area contributed by atoms with Crippen molar-refractivity contribution in [2.24, 2.45) is 0 Å². The fourth-order valence-electron chi connectivity index (χ4n) is 4.05. The molecule has 0 saturated carbocycles. The van der Waals surface area contributed by atoms with Crippen molar-refractivity contribution < 1.29 is 22.7 Å². The quantitative estimate of drug-likeness (QED) is 0.414. The van der Waals surface area contributed by atoms with Gasteiger partial charge in [-0.1, -0.05) is 55.5 Å². The topological polar surface area (TPSA) is 96.0 Å². The third-order valence-electron chi connectivity index (χ3n) is 6.15. The number of nitrogens with one attached hydrogen (secondary N) is 1. The number of ether oxygens (including phenoxy) is 1. The molecule has 1 unspecified atom stereocenters. The molecule has 0 aliphatic rings. The van der Waals surface area contributed by atoms with Gasteiger partial charge >= 0.3 is 0 Å². The summed E-state index contributed by atoms with van der Waals surface area (Å²) in [6.07, 6.45) is 0.577. The number of benzene rings is 3. The van der Waals surface area contributed by atoms with E-state index in [1.165, 1.54) is 24.1 Å². The molecule has 0 bridgehead atoms. The van der Waals surface area contributed by atoms with Crippen LogP contribution in [0.5, 0.6) is 5.75 Å². The van der Waals surface area contributed by atoms with Gasteiger partial charge < -0.3 is 15.0 Å². The van der Waals surface area contributed by atoms with E-state index in [-0.39, 0.29) is 17.3 Å². The van der Waals surface area contributed by atoms with E-state index in [1.54, 1.807) is 62.6 Å². The highest BCUT2D eigenvalue weighted by Crippen LogP contribution is 2.28. The number of carbonyl (C=O) groups is 2. The van der Waals surface area contributed by atoms with Crippen molar-refractivity contribution in [1.82, 2.24) is 10.2 Å². The molecule has 3 aromatic carbocycles. The molecule has 0 aliphatic carbocycles. The summed E-state index contributed by atoms with van der Waals surface area (Å²) in [5.74, 6) is -0.255. The predicted octanol–water partition coefficient (Wildman–Crippen LogP) is 3.62. The van der Waals surface area contributed by atoms with Crippen molar-refractivity contribution in [3.05, 3.63) is 90.0 Å². The maximum absolute atomic E-state index is 13.8. The van der Waals surface area contributed by atoms with E-state index < -0.39 is 28.5 Å². The molecule has 0 saturated heterocycles. The largest absolute Gasteiger partial charge is 0.497 e. The number of para-hydroxylation sites is 1. The van der Waals surface area contributed by atoms with E-state index in [9.17, 15) is 18.0 Å². The molecule has 37 heavy (non-hydrogen) atoms. The molecule has 0 heterocycles. The van der Waals surface area contributed by atoms with Gasteiger partial charge in [-0.3, -0.25) is 13.9 Å². The third kappa shape index (κ3) is 6.48. The van der Waals surface area contributed by atoms with Gasteiger partial charge in [0.1, 0.15) is 18.3 Å². The maximum Gasteiger partial charge on any atom is 0.264 e. The minimum absolute atomic E-state index is 0.0763. The first kappa shape index (κ1) is 27.7. The van der Waals surface area contributed by atoms with Crippen molar-refractivity contribution in [3.63, 3.8) is 0 Å². The van der Waals surface area contributed by atoms with E-state index in [2.05, 4.69) is 5.32 Å². The summed E-state index contributed by atoms with van der Waals surface area (Å²) < 4.78 is 34.1. The molecule has 0 radical (unpaired) electrons. The second-order valence-electron chi connectivity index (χ2n) is 8.47. The van der Waals surface area contributed by atoms with Crippen molar-refractivity contribution >= 4 is 27.5 Å². The van der Waals surface area contributed by atoms with Gasteiger partial charge in [-0.25, -0.2) is 8.42 Å². The first-order chi connectivity index (χ1) is 17.7. The Morgan fingerprint density at radius 3 is 2.30 bits per heavy atom. The van der Waals surface area contributed by atoms with Gasteiger partial charge in [0.2, 0.25) is 11.8 Å². The molecule has 0 fully saturated rings. The Kier molecular flexibility index (Phi) is 9.30. The molecule has 2 amide bonds. The zero-order valence-electron chi connectivity index (χ0n) is 21.5. The van der Waals surface area contributed by atoms with Crippen LogP contribution in [0, 0.1) is 0 Å². The fourth-order valence-corrected chi connectivity index (χ4v) is 5.52. The van der Waals surface area contributed by atoms with Crippen LogP contribution < -0.4 is 14.4 Å². The van der Waals surface area contributed by atoms with Gasteiger partial charge in [0.05, 0.1) is 17.7 Å². The van der Waals surface area contributed by atoms with Gasteiger partial charge in [-0.05, 0) is 54.8 Å². The van der Waals surface area contributed by atoms with E-state index in [0.717, 1.165) is 15.4 Å². The summed E-state index contributed by atoms with van der Waals surface area (Å²) >= 11 is 0. The molecular formula is C28H33N3O5S. The summed E-state index contributed by atoms with van der Waals surface area (Å²) in [4.78, 5) is 27.9. The number of rotatable bonds is 11. The maximum atomic E-state index is 13.8. The number of anilines is 1. The van der Waals surface area contributed by atoms with Crippen molar-refractivity contribution in [2.75, 3.05) is 25.0 Å². The molecule has 1 N–H and O–H groups in total. The normalized spacial score (nSPS) is 11.9. The van der Waals surface area contributed by atoms with Gasteiger partial charge in [0, 0.05) is 13.6 Å². The van der Waals surface area contributed by atoms with Gasteiger partial charge in [-0.2, -0.15) is 0 Å². The van der Waals surface area contributed by atoms with Crippen LogP contribution in [-0.4, -0.2) is 51.9 Å². The van der Waals surface area contributed by atoms with E-state index in [4.69, 9.17) is 4.74 Å². The highest BCUT2D eigenvalue weighted by molar-refractivity contribution is 7.92. The van der Waals surface area contributed by atoms with E-state index in [1.807, 2.05) is 25.1 Å². The lowest BCUT2D eigenvalue weighted by Gasteiger charge is -2.32. The molecule has 3 aromatic rings. The molecule has 0 aromatic heterocycles. The molecule has 3 rings (SSSR count). The van der Waals surface area contributed by atoms with Crippen molar-refractivity contribution in [1.29, 1.82) is 0 Å². The number of amides is 2. The number of carbonyl (C=O) groups excluding carboxylic acids is 2. The Balaban J connectivity index is 2.06. The molecule has 8 nitrogen and oxygen atoms in total. The summed E-state index contributed by atoms with van der Waals surface area (Å²) in [6.45, 7) is 3.17. The summed E-state index contributed by atoms with van der Waals surface area (Å²) in [5.41, 5.74) is 1.96. The fraction of sp³-hybridized carbons (Fsp3) is 0.286. The minimum atomic E-state index is -4.09. The minimum Gasteiger partial charge on any atom is -0.497 e. The first-order valence-electron chi connectivity index (χ1n) is 12.0. The Labute approximate surface area is 218 Å². The van der Waals surface area contributed by atoms with Gasteiger partial charge in [0.15, 0.2) is 0 Å². The lowest BCUT2D eigenvalue weighted by atomic mass is 10.1. The number of hydrogen-bond acceptors (Lipinski definition) is 5. The average Bonchev–Trinajstić information content (AvgIpc) is 2.94. The van der Waals surface area contributed by atoms with Gasteiger partial charge in [0.25, 0.3) is 10.0 Å². The zero-order chi connectivity index (χ0) is 27.0. The molecule has 196 valence electrons. The van der Waals surface area contributed by atoms with Crippen LogP contribution in [0.15, 0.2) is 83.8 Å². The predicted molar refractivity (Wildman–Crippen MR) is 144 cm³/mol. The zero-order valence-corrected chi connectivity index (χ0v) is 22.4. The number of hydrogen-bond donors (Lipinski definition) is 1. The van der Waals surface area contributed by atoms with Crippen LogP contribution in [0.2, 0.25) is 0 Å². The molecule has 9 heteroatoms. The Morgan fingerprint density at radius 2 is 1.65 bits per heavy atom. The van der Waals surface area contributed by atoms with Crippen LogP contribution >= 0.6 is 0 Å². The van der Waals surface area contributed by atoms with Crippen molar-refractivity contribution in [2.45, 2.75) is 37.8 Å². The summed E-state index contributed by atoms with van der Waals surface area (Å²) in [6, 6.07) is 21.5. The van der Waals surface area contributed by atoms with E-state index in [0.29, 0.717) is 17.9 Å². The molecule has 0 aliphatic heterocycles. The first-order valence-corrected chi connectivity index (χ1v) is 13.5. The number of likely N-dealkylation sites (N-methyl/N-ethyl adjacent to an activating group) is 1. The second kappa shape index (κ2) is 12.4. The summed E-state index contributed by atoms with van der Waals surface area (Å²) in [7, 11) is -1.04. The van der Waals surface area contributed by atoms with Crippen LogP contribution in [0.3, 0.4) is 0 Å². The smallest absolute Gasteiger partial charge is 0.264 e. The number of nitrogens with zero attached hydrogens (tertiary/aromatic N) is 2. The summed E-state index contributed by atoms with van der Waals surface area (Å²) in [5, 5.41) is 2.58. The SMILES string of the molecule is CCc1ccccc1N(CC(=O)N(Cc1cccc(OC)c1)C(C)C(=O)NC)S(=O)(=O)c1ccccc1. The number of sulfonamides is 1. The second-order valence-corrected chi connectivity index (χ2v) is 10.3. The number of methoxy groups -OCH3 is 1. The van der Waals surface area contributed by atoms with Gasteiger partial charge in [-0.15, -0.1) is 0 Å². The Morgan fingerprint density at radius 1 is 0.973 bits per heavy atom. The van der Waals surface area contributed by atoms with Crippen LogP contribution in [0.1, 0.15) is 25.0 Å².